The lowest BCUT2D eigenvalue weighted by molar-refractivity contribution is -0.432. The molecule has 0 aromatic heterocycles. The van der Waals surface area contributed by atoms with Gasteiger partial charge in [0.05, 0.1) is 23.4 Å². The van der Waals surface area contributed by atoms with Crippen LogP contribution in [0.15, 0.2) is 139 Å². The monoisotopic (exact) mass is 654 g/mol. The van der Waals surface area contributed by atoms with Crippen LogP contribution in [0.4, 0.5) is 22.7 Å². The fourth-order valence-electron chi connectivity index (χ4n) is 4.84. The summed E-state index contributed by atoms with van der Waals surface area (Å²) in [6.07, 6.45) is 0. The van der Waals surface area contributed by atoms with Gasteiger partial charge < -0.3 is 10.2 Å². The molecule has 0 bridgehead atoms. The molecule has 12 nitrogen and oxygen atoms in total. The minimum atomic E-state index is -4.80. The summed E-state index contributed by atoms with van der Waals surface area (Å²) in [4.78, 5) is -0.263. The first-order valence-corrected chi connectivity index (χ1v) is 15.6. The van der Waals surface area contributed by atoms with Crippen LogP contribution < -0.4 is 0 Å². The van der Waals surface area contributed by atoms with Crippen LogP contribution in [0.3, 0.4) is 0 Å². The van der Waals surface area contributed by atoms with E-state index in [1.165, 1.54) is 42.5 Å². The maximum absolute atomic E-state index is 12.6. The van der Waals surface area contributed by atoms with E-state index in [9.17, 15) is 23.2 Å². The van der Waals surface area contributed by atoms with Crippen molar-refractivity contribution in [3.8, 4) is 22.6 Å². The number of nitrogens with zero attached hydrogens (tertiary/aromatic N) is 4. The number of benzene rings is 6. The molecule has 0 fully saturated rings. The fraction of sp³-hybridized carbons (Fsp3) is 0. The summed E-state index contributed by atoms with van der Waals surface area (Å²) in [6, 6.07) is 29.6. The highest BCUT2D eigenvalue weighted by atomic mass is 32.2. The van der Waals surface area contributed by atoms with Crippen LogP contribution >= 0.6 is 12.0 Å². The first-order valence-electron chi connectivity index (χ1n) is 13.4. The van der Waals surface area contributed by atoms with Gasteiger partial charge in [0, 0.05) is 21.2 Å². The lowest BCUT2D eigenvalue weighted by Crippen LogP contribution is -2.01. The van der Waals surface area contributed by atoms with E-state index in [1.54, 1.807) is 30.3 Å². The van der Waals surface area contributed by atoms with Gasteiger partial charge in [-0.05, 0) is 52.7 Å². The Bertz CT molecular complexity index is 2280. The van der Waals surface area contributed by atoms with Gasteiger partial charge in [-0.3, -0.25) is 4.55 Å². The minimum Gasteiger partial charge on any atom is -0.506 e. The Kier molecular flexibility index (Phi) is 8.72. The molecule has 46 heavy (non-hydrogen) atoms. The highest BCUT2D eigenvalue weighted by Crippen LogP contribution is 2.42. The zero-order chi connectivity index (χ0) is 32.3. The molecule has 0 saturated heterocycles. The SMILES string of the molecule is O=S(=O)(O)c1cc(N=Nc2c(O)ccc3ccccc23)ccc1-c1ccc(N=Nc2c(O)ccc3ccccc23)cc1SOOO. The Balaban J connectivity index is 1.39. The third kappa shape index (κ3) is 6.43. The molecule has 0 unspecified atom stereocenters. The van der Waals surface area contributed by atoms with Crippen LogP contribution in [0.5, 0.6) is 11.5 Å². The number of aromatic hydroxyl groups is 2. The van der Waals surface area contributed by atoms with E-state index in [-0.39, 0.29) is 50.3 Å². The summed E-state index contributed by atoms with van der Waals surface area (Å²) in [5.74, 6) is -0.189. The van der Waals surface area contributed by atoms with E-state index >= 15 is 0 Å². The quantitative estimate of drug-likeness (QED) is 0.0387. The summed E-state index contributed by atoms with van der Waals surface area (Å²) < 4.78 is 39.9. The van der Waals surface area contributed by atoms with E-state index in [0.29, 0.717) is 22.8 Å². The van der Waals surface area contributed by atoms with Gasteiger partial charge in [0.2, 0.25) is 0 Å². The summed E-state index contributed by atoms with van der Waals surface area (Å²) in [5.41, 5.74) is 1.13. The number of hydrogen-bond acceptors (Lipinski definition) is 12. The van der Waals surface area contributed by atoms with Crippen LogP contribution in [-0.4, -0.2) is 28.4 Å². The van der Waals surface area contributed by atoms with Gasteiger partial charge >= 0.3 is 0 Å². The molecule has 0 radical (unpaired) electrons. The van der Waals surface area contributed by atoms with Crippen LogP contribution in [-0.2, 0) is 19.5 Å². The van der Waals surface area contributed by atoms with Gasteiger partial charge in [-0.2, -0.15) is 18.6 Å². The molecule has 0 aliphatic carbocycles. The summed E-state index contributed by atoms with van der Waals surface area (Å²) >= 11 is 0.548. The van der Waals surface area contributed by atoms with Crippen molar-refractivity contribution in [3.63, 3.8) is 0 Å². The van der Waals surface area contributed by atoms with Crippen LogP contribution in [0.2, 0.25) is 0 Å². The van der Waals surface area contributed by atoms with E-state index in [4.69, 9.17) is 5.26 Å². The highest BCUT2D eigenvalue weighted by molar-refractivity contribution is 7.94. The van der Waals surface area contributed by atoms with E-state index < -0.39 is 15.0 Å². The first kappa shape index (κ1) is 30.8. The molecule has 4 N–H and O–H groups in total. The molecule has 0 saturated carbocycles. The second-order valence-corrected chi connectivity index (χ2v) is 11.9. The molecule has 6 aromatic carbocycles. The van der Waals surface area contributed by atoms with Gasteiger partial charge in [-0.1, -0.05) is 77.8 Å². The van der Waals surface area contributed by atoms with Crippen molar-refractivity contribution < 1.29 is 37.8 Å². The molecule has 6 rings (SSSR count). The average molecular weight is 655 g/mol. The number of phenolic OH excluding ortho intramolecular Hbond substituents is 2. The average Bonchev–Trinajstić information content (AvgIpc) is 3.06. The lowest BCUT2D eigenvalue weighted by Gasteiger charge is -2.12. The van der Waals surface area contributed by atoms with Crippen LogP contribution in [0.25, 0.3) is 32.7 Å². The zero-order valence-corrected chi connectivity index (χ0v) is 25.1. The Morgan fingerprint density at radius 1 is 0.609 bits per heavy atom. The van der Waals surface area contributed by atoms with Crippen molar-refractivity contribution in [2.75, 3.05) is 0 Å². The number of azo groups is 2. The predicted octanol–water partition coefficient (Wildman–Crippen LogP) is 9.58. The van der Waals surface area contributed by atoms with Gasteiger partial charge in [0.1, 0.15) is 27.8 Å². The number of fused-ring (bicyclic) bond motifs is 2. The molecule has 0 aliphatic heterocycles. The highest BCUT2D eigenvalue weighted by Gasteiger charge is 2.21. The van der Waals surface area contributed by atoms with Crippen molar-refractivity contribution in [3.05, 3.63) is 109 Å². The molecule has 0 spiro atoms. The molecular formula is C32H22N4O8S2. The Morgan fingerprint density at radius 3 is 1.67 bits per heavy atom. The van der Waals surface area contributed by atoms with Gasteiger partial charge in [-0.25, -0.2) is 5.26 Å². The molecule has 0 aliphatic rings. The second-order valence-electron chi connectivity index (χ2n) is 9.77. The maximum atomic E-state index is 12.6. The molecular weight excluding hydrogens is 633 g/mol. The molecule has 14 heteroatoms. The van der Waals surface area contributed by atoms with Gasteiger partial charge in [0.15, 0.2) is 0 Å². The van der Waals surface area contributed by atoms with Crippen molar-refractivity contribution in [1.82, 2.24) is 0 Å². The van der Waals surface area contributed by atoms with Gasteiger partial charge in [0.25, 0.3) is 10.1 Å². The summed E-state index contributed by atoms with van der Waals surface area (Å²) in [7, 11) is -4.80. The normalized spacial score (nSPS) is 12.1. The first-order chi connectivity index (χ1) is 22.2. The van der Waals surface area contributed by atoms with Crippen LogP contribution in [0, 0.1) is 0 Å². The lowest BCUT2D eigenvalue weighted by atomic mass is 10.0. The summed E-state index contributed by atoms with van der Waals surface area (Å²) in [6.45, 7) is 0. The zero-order valence-electron chi connectivity index (χ0n) is 23.4. The smallest absolute Gasteiger partial charge is 0.295 e. The van der Waals surface area contributed by atoms with E-state index in [2.05, 4.69) is 29.8 Å². The molecule has 0 heterocycles. The molecule has 6 aromatic rings. The van der Waals surface area contributed by atoms with Crippen molar-refractivity contribution >= 4 is 66.5 Å². The largest absolute Gasteiger partial charge is 0.506 e. The predicted molar refractivity (Wildman–Crippen MR) is 172 cm³/mol. The number of hydrogen-bond donors (Lipinski definition) is 4. The molecule has 230 valence electrons. The van der Waals surface area contributed by atoms with Crippen molar-refractivity contribution in [1.29, 1.82) is 0 Å². The molecule has 0 atom stereocenters. The van der Waals surface area contributed by atoms with Gasteiger partial charge in [-0.15, -0.1) is 14.6 Å². The number of rotatable bonds is 9. The van der Waals surface area contributed by atoms with Crippen LogP contribution in [0.1, 0.15) is 0 Å². The van der Waals surface area contributed by atoms with Crippen molar-refractivity contribution in [2.24, 2.45) is 20.5 Å². The Morgan fingerprint density at radius 2 is 1.13 bits per heavy atom. The van der Waals surface area contributed by atoms with E-state index in [1.807, 2.05) is 30.3 Å². The Hall–Kier alpha value is -5.22. The fourth-order valence-corrected chi connectivity index (χ4v) is 6.10. The standard InChI is InChI=1S/C32H22N4O8S2/c37-27-15-9-19-5-1-3-7-23(19)31(27)35-33-21-11-13-25(29(17-21)45-44-43-39)26-14-12-22(18-30(26)46(40,41)42)34-36-32-24-8-4-2-6-20(24)10-16-28(32)38/h1-18,37-39H,(H,40,41,42). The Labute approximate surface area is 265 Å². The second kappa shape index (κ2) is 13.0. The van der Waals surface area contributed by atoms with Crippen molar-refractivity contribution in [2.45, 2.75) is 9.79 Å². The maximum Gasteiger partial charge on any atom is 0.295 e. The number of phenols is 2. The third-order valence-corrected chi connectivity index (χ3v) is 8.48. The topological polar surface area (TPSA) is 183 Å². The molecule has 0 amide bonds. The van der Waals surface area contributed by atoms with E-state index in [0.717, 1.165) is 16.8 Å². The minimum absolute atomic E-state index is 0.0636. The third-order valence-electron chi connectivity index (χ3n) is 6.94. The summed E-state index contributed by atoms with van der Waals surface area (Å²) in [5, 5.41) is 53.1.